The van der Waals surface area contributed by atoms with E-state index in [1.54, 1.807) is 0 Å². The van der Waals surface area contributed by atoms with Crippen molar-refractivity contribution in [2.45, 2.75) is 58.5 Å². The monoisotopic (exact) mass is 348 g/mol. The maximum absolute atomic E-state index is 12.7. The van der Waals surface area contributed by atoms with E-state index in [1.807, 2.05) is 18.2 Å². The molecular weight excluding hydrogens is 320 g/mol. The molecule has 1 aliphatic rings. The lowest BCUT2D eigenvalue weighted by molar-refractivity contribution is 0.0472. The van der Waals surface area contributed by atoms with Crippen LogP contribution in [-0.2, 0) is 4.74 Å². The summed E-state index contributed by atoms with van der Waals surface area (Å²) in [7, 11) is 0. The van der Waals surface area contributed by atoms with Gasteiger partial charge in [-0.05, 0) is 60.9 Å². The highest BCUT2D eigenvalue weighted by atomic mass is 16.5. The summed E-state index contributed by atoms with van der Waals surface area (Å²) in [6.07, 6.45) is 8.82. The lowest BCUT2D eigenvalue weighted by Gasteiger charge is -2.16. The zero-order valence-corrected chi connectivity index (χ0v) is 15.8. The molecule has 0 N–H and O–H groups in total. The van der Waals surface area contributed by atoms with Gasteiger partial charge in [0.1, 0.15) is 6.10 Å². The van der Waals surface area contributed by atoms with Crippen molar-refractivity contribution in [3.8, 4) is 0 Å². The summed E-state index contributed by atoms with van der Waals surface area (Å²) in [5.74, 6) is -0.180. The minimum absolute atomic E-state index is 0.123. The second-order valence-corrected chi connectivity index (χ2v) is 7.14. The molecular formula is C24H28O2. The second-order valence-electron chi connectivity index (χ2n) is 7.14. The van der Waals surface area contributed by atoms with Gasteiger partial charge in [-0.2, -0.15) is 0 Å². The standard InChI is InChI=1S/C24H28O2/c1-3-4-6-13-20(17-19-11-7-5-8-12-19)23-18(2)10-9-14-22(23)24(25)26-21-15-16-21/h5,7-12,14,17,21H,3-4,6,13,15-16H2,1-2H3/b20-17-. The number of ether oxygens (including phenoxy) is 1. The minimum atomic E-state index is -0.180. The average molecular weight is 348 g/mol. The summed E-state index contributed by atoms with van der Waals surface area (Å²) in [6, 6.07) is 16.3. The first-order valence-electron chi connectivity index (χ1n) is 9.75. The Morgan fingerprint density at radius 2 is 1.85 bits per heavy atom. The molecule has 26 heavy (non-hydrogen) atoms. The van der Waals surface area contributed by atoms with Gasteiger partial charge in [-0.3, -0.25) is 0 Å². The van der Waals surface area contributed by atoms with E-state index in [2.05, 4.69) is 50.3 Å². The van der Waals surface area contributed by atoms with Crippen molar-refractivity contribution in [2.24, 2.45) is 0 Å². The van der Waals surface area contributed by atoms with Gasteiger partial charge in [0.25, 0.3) is 0 Å². The Kier molecular flexibility index (Phi) is 6.27. The number of carbonyl (C=O) groups is 1. The van der Waals surface area contributed by atoms with Crippen LogP contribution in [0.4, 0.5) is 0 Å². The van der Waals surface area contributed by atoms with Gasteiger partial charge < -0.3 is 4.74 Å². The van der Waals surface area contributed by atoms with E-state index in [-0.39, 0.29) is 12.1 Å². The second kappa shape index (κ2) is 8.84. The number of hydrogen-bond acceptors (Lipinski definition) is 2. The molecule has 0 amide bonds. The molecule has 0 unspecified atom stereocenters. The van der Waals surface area contributed by atoms with Crippen LogP contribution in [0, 0.1) is 6.92 Å². The maximum atomic E-state index is 12.7. The number of unbranched alkanes of at least 4 members (excludes halogenated alkanes) is 2. The van der Waals surface area contributed by atoms with Crippen molar-refractivity contribution in [1.82, 2.24) is 0 Å². The van der Waals surface area contributed by atoms with E-state index in [9.17, 15) is 4.79 Å². The zero-order chi connectivity index (χ0) is 18.4. The predicted octanol–water partition coefficient (Wildman–Crippen LogP) is 6.44. The molecule has 0 aromatic heterocycles. The minimum Gasteiger partial charge on any atom is -0.459 e. The summed E-state index contributed by atoms with van der Waals surface area (Å²) in [5, 5.41) is 0. The SMILES string of the molecule is CCCCC/C(=C/c1ccccc1)c1c(C)cccc1C(=O)OC1CC1. The summed E-state index contributed by atoms with van der Waals surface area (Å²) >= 11 is 0. The van der Waals surface area contributed by atoms with Crippen LogP contribution in [-0.4, -0.2) is 12.1 Å². The Hall–Kier alpha value is -2.35. The van der Waals surface area contributed by atoms with E-state index in [0.717, 1.165) is 36.8 Å². The first kappa shape index (κ1) is 18.4. The van der Waals surface area contributed by atoms with Crippen LogP contribution < -0.4 is 0 Å². The van der Waals surface area contributed by atoms with Gasteiger partial charge in [0, 0.05) is 0 Å². The molecule has 0 bridgehead atoms. The molecule has 136 valence electrons. The molecule has 1 aliphatic carbocycles. The molecule has 0 atom stereocenters. The van der Waals surface area contributed by atoms with E-state index in [4.69, 9.17) is 4.74 Å². The van der Waals surface area contributed by atoms with Gasteiger partial charge in [0.05, 0.1) is 5.56 Å². The van der Waals surface area contributed by atoms with Crippen molar-refractivity contribution in [1.29, 1.82) is 0 Å². The molecule has 1 saturated carbocycles. The third-order valence-corrected chi connectivity index (χ3v) is 4.80. The van der Waals surface area contributed by atoms with Crippen LogP contribution >= 0.6 is 0 Å². The van der Waals surface area contributed by atoms with Gasteiger partial charge in [-0.15, -0.1) is 0 Å². The molecule has 3 rings (SSSR count). The van der Waals surface area contributed by atoms with Gasteiger partial charge in [0.2, 0.25) is 0 Å². The van der Waals surface area contributed by atoms with Crippen LogP contribution in [0.5, 0.6) is 0 Å². The molecule has 0 saturated heterocycles. The molecule has 0 spiro atoms. The van der Waals surface area contributed by atoms with Crippen LogP contribution in [0.2, 0.25) is 0 Å². The smallest absolute Gasteiger partial charge is 0.339 e. The average Bonchev–Trinajstić information content (AvgIpc) is 3.46. The van der Waals surface area contributed by atoms with Crippen LogP contribution in [0.15, 0.2) is 48.5 Å². The van der Waals surface area contributed by atoms with Gasteiger partial charge in [-0.1, -0.05) is 68.3 Å². The summed E-state index contributed by atoms with van der Waals surface area (Å²) in [4.78, 5) is 12.7. The number of carbonyl (C=O) groups excluding carboxylic acids is 1. The molecule has 2 aromatic carbocycles. The summed E-state index contributed by atoms with van der Waals surface area (Å²) < 4.78 is 5.60. The highest BCUT2D eigenvalue weighted by molar-refractivity contribution is 5.98. The number of hydrogen-bond donors (Lipinski definition) is 0. The number of aryl methyl sites for hydroxylation is 1. The van der Waals surface area contributed by atoms with E-state index in [1.165, 1.54) is 24.0 Å². The van der Waals surface area contributed by atoms with Crippen LogP contribution in [0.3, 0.4) is 0 Å². The number of allylic oxidation sites excluding steroid dienone is 1. The van der Waals surface area contributed by atoms with E-state index in [0.29, 0.717) is 5.56 Å². The van der Waals surface area contributed by atoms with Crippen LogP contribution in [0.25, 0.3) is 11.6 Å². The van der Waals surface area contributed by atoms with Gasteiger partial charge in [-0.25, -0.2) is 4.79 Å². The number of esters is 1. The van der Waals surface area contributed by atoms with Crippen molar-refractivity contribution >= 4 is 17.6 Å². The lowest BCUT2D eigenvalue weighted by Crippen LogP contribution is -2.10. The van der Waals surface area contributed by atoms with Gasteiger partial charge >= 0.3 is 5.97 Å². The van der Waals surface area contributed by atoms with E-state index < -0.39 is 0 Å². The molecule has 0 heterocycles. The lowest BCUT2D eigenvalue weighted by atomic mass is 9.90. The van der Waals surface area contributed by atoms with Crippen molar-refractivity contribution in [3.05, 3.63) is 70.8 Å². The quantitative estimate of drug-likeness (QED) is 0.312. The molecule has 2 heteroatoms. The van der Waals surface area contributed by atoms with Crippen molar-refractivity contribution < 1.29 is 9.53 Å². The summed E-state index contributed by atoms with van der Waals surface area (Å²) in [6.45, 7) is 4.30. The zero-order valence-electron chi connectivity index (χ0n) is 15.8. The molecule has 2 aromatic rings. The maximum Gasteiger partial charge on any atom is 0.339 e. The number of benzene rings is 2. The Balaban J connectivity index is 1.99. The van der Waals surface area contributed by atoms with Gasteiger partial charge in [0.15, 0.2) is 0 Å². The first-order valence-corrected chi connectivity index (χ1v) is 9.75. The Morgan fingerprint density at radius 3 is 2.54 bits per heavy atom. The van der Waals surface area contributed by atoms with Crippen molar-refractivity contribution in [3.63, 3.8) is 0 Å². The Morgan fingerprint density at radius 1 is 1.08 bits per heavy atom. The largest absolute Gasteiger partial charge is 0.459 e. The fourth-order valence-corrected chi connectivity index (χ4v) is 3.25. The highest BCUT2D eigenvalue weighted by Crippen LogP contribution is 2.32. The molecule has 2 nitrogen and oxygen atoms in total. The highest BCUT2D eigenvalue weighted by Gasteiger charge is 2.28. The third-order valence-electron chi connectivity index (χ3n) is 4.80. The fourth-order valence-electron chi connectivity index (χ4n) is 3.25. The normalized spacial score (nSPS) is 14.3. The van der Waals surface area contributed by atoms with E-state index >= 15 is 0 Å². The first-order chi connectivity index (χ1) is 12.7. The molecule has 0 aliphatic heterocycles. The topological polar surface area (TPSA) is 26.3 Å². The number of rotatable bonds is 8. The van der Waals surface area contributed by atoms with Crippen LogP contribution in [0.1, 0.15) is 72.5 Å². The van der Waals surface area contributed by atoms with Crippen molar-refractivity contribution in [2.75, 3.05) is 0 Å². The molecule has 1 fully saturated rings. The fraction of sp³-hybridized carbons (Fsp3) is 0.375. The Labute approximate surface area is 156 Å². The Bertz CT molecular complexity index is 770. The predicted molar refractivity (Wildman–Crippen MR) is 108 cm³/mol. The summed E-state index contributed by atoms with van der Waals surface area (Å²) in [5.41, 5.74) is 5.29. The third kappa shape index (κ3) is 4.85. The molecule has 0 radical (unpaired) electrons.